The lowest BCUT2D eigenvalue weighted by molar-refractivity contribution is 0.370. The molecule has 1 saturated heterocycles. The maximum absolute atomic E-state index is 10.1. The molecule has 8 heteroatoms. The van der Waals surface area contributed by atoms with Crippen LogP contribution in [0.1, 0.15) is 5.56 Å². The summed E-state index contributed by atoms with van der Waals surface area (Å²) in [6.07, 6.45) is 0. The molecule has 3 N–H and O–H groups in total. The molecule has 0 bridgehead atoms. The lowest BCUT2D eigenvalue weighted by Gasteiger charge is -2.36. The zero-order valence-electron chi connectivity index (χ0n) is 15.1. The Kier molecular flexibility index (Phi) is 7.85. The fraction of sp³-hybridized carbons (Fsp3) is 0.316. The second kappa shape index (κ2) is 9.89. The van der Waals surface area contributed by atoms with Gasteiger partial charge in [0.05, 0.1) is 13.7 Å². The first-order valence-electron chi connectivity index (χ1n) is 8.48. The quantitative estimate of drug-likeness (QED) is 0.381. The number of aliphatic imine (C=N–C) groups is 1. The molecule has 2 aromatic rings. The fourth-order valence-corrected chi connectivity index (χ4v) is 3.10. The number of piperazine rings is 1. The standard InChI is InChI=1S/C19H23ClN4O2.HI/c1-26-17-4-2-3-14(18(17)25)13-22-19(21)24-11-9-23(10-12-24)16-7-5-15(20)6-8-16;/h2-8,25H,9-13H2,1H3,(H2,21,22);1H. The van der Waals surface area contributed by atoms with Gasteiger partial charge >= 0.3 is 0 Å². The number of methoxy groups -OCH3 is 1. The second-order valence-corrected chi connectivity index (χ2v) is 6.53. The molecule has 1 fully saturated rings. The lowest BCUT2D eigenvalue weighted by Crippen LogP contribution is -2.51. The van der Waals surface area contributed by atoms with Crippen molar-refractivity contribution in [2.45, 2.75) is 6.54 Å². The lowest BCUT2D eigenvalue weighted by atomic mass is 10.2. The van der Waals surface area contributed by atoms with Gasteiger partial charge in [0.2, 0.25) is 0 Å². The summed E-state index contributed by atoms with van der Waals surface area (Å²) in [6, 6.07) is 13.2. The van der Waals surface area contributed by atoms with E-state index < -0.39 is 0 Å². The predicted octanol–water partition coefficient (Wildman–Crippen LogP) is 3.31. The van der Waals surface area contributed by atoms with E-state index in [0.717, 1.165) is 36.9 Å². The number of hydrogen-bond acceptors (Lipinski definition) is 4. The third-order valence-corrected chi connectivity index (χ3v) is 4.76. The van der Waals surface area contributed by atoms with Gasteiger partial charge in [-0.25, -0.2) is 4.99 Å². The maximum Gasteiger partial charge on any atom is 0.191 e. The van der Waals surface area contributed by atoms with Crippen LogP contribution in [0.4, 0.5) is 5.69 Å². The highest BCUT2D eigenvalue weighted by Gasteiger charge is 2.18. The zero-order valence-corrected chi connectivity index (χ0v) is 18.2. The second-order valence-electron chi connectivity index (χ2n) is 6.09. The SMILES string of the molecule is COc1cccc(CN=C(N)N2CCN(c3ccc(Cl)cc3)CC2)c1O.I. The number of halogens is 2. The first-order valence-corrected chi connectivity index (χ1v) is 8.86. The molecule has 0 spiro atoms. The van der Waals surface area contributed by atoms with Crippen LogP contribution in [-0.2, 0) is 6.54 Å². The van der Waals surface area contributed by atoms with E-state index in [1.807, 2.05) is 36.4 Å². The molecule has 1 heterocycles. The number of rotatable bonds is 4. The van der Waals surface area contributed by atoms with Gasteiger partial charge in [-0.1, -0.05) is 23.7 Å². The highest BCUT2D eigenvalue weighted by molar-refractivity contribution is 14.0. The van der Waals surface area contributed by atoms with E-state index in [2.05, 4.69) is 14.8 Å². The molecule has 0 atom stereocenters. The third kappa shape index (κ3) is 5.32. The van der Waals surface area contributed by atoms with E-state index >= 15 is 0 Å². The minimum Gasteiger partial charge on any atom is -0.504 e. The first kappa shape index (κ1) is 21.4. The summed E-state index contributed by atoms with van der Waals surface area (Å²) in [5, 5.41) is 10.9. The van der Waals surface area contributed by atoms with Crippen molar-refractivity contribution in [1.29, 1.82) is 0 Å². The Bertz CT molecular complexity index is 778. The van der Waals surface area contributed by atoms with Crippen LogP contribution in [0.15, 0.2) is 47.5 Å². The summed E-state index contributed by atoms with van der Waals surface area (Å²) in [7, 11) is 1.52. The van der Waals surface area contributed by atoms with Crippen molar-refractivity contribution in [3.63, 3.8) is 0 Å². The van der Waals surface area contributed by atoms with Crippen LogP contribution in [0.2, 0.25) is 5.02 Å². The molecule has 2 aromatic carbocycles. The Labute approximate surface area is 181 Å². The number of anilines is 1. The molecule has 0 unspecified atom stereocenters. The van der Waals surface area contributed by atoms with Crippen LogP contribution in [0.25, 0.3) is 0 Å². The van der Waals surface area contributed by atoms with Crippen LogP contribution in [0.5, 0.6) is 11.5 Å². The molecule has 0 radical (unpaired) electrons. The van der Waals surface area contributed by atoms with Crippen LogP contribution in [0.3, 0.4) is 0 Å². The number of aromatic hydroxyl groups is 1. The Morgan fingerprint density at radius 3 is 2.44 bits per heavy atom. The molecule has 6 nitrogen and oxygen atoms in total. The largest absolute Gasteiger partial charge is 0.504 e. The van der Waals surface area contributed by atoms with Crippen molar-refractivity contribution in [1.82, 2.24) is 4.90 Å². The van der Waals surface area contributed by atoms with Gasteiger partial charge in [-0.2, -0.15) is 0 Å². The molecule has 27 heavy (non-hydrogen) atoms. The molecular formula is C19H24ClIN4O2. The highest BCUT2D eigenvalue weighted by Crippen LogP contribution is 2.29. The normalized spacial score (nSPS) is 14.7. The molecule has 146 valence electrons. The molecule has 1 aliphatic heterocycles. The number of hydrogen-bond donors (Lipinski definition) is 2. The van der Waals surface area contributed by atoms with Crippen LogP contribution in [-0.4, -0.2) is 49.3 Å². The monoisotopic (exact) mass is 502 g/mol. The van der Waals surface area contributed by atoms with Crippen molar-refractivity contribution < 1.29 is 9.84 Å². The summed E-state index contributed by atoms with van der Waals surface area (Å²) in [5.74, 6) is 1.04. The number of benzene rings is 2. The van der Waals surface area contributed by atoms with E-state index in [-0.39, 0.29) is 29.7 Å². The molecular weight excluding hydrogens is 479 g/mol. The van der Waals surface area contributed by atoms with Crippen LogP contribution >= 0.6 is 35.6 Å². The molecule has 0 amide bonds. The highest BCUT2D eigenvalue weighted by atomic mass is 127. The van der Waals surface area contributed by atoms with Gasteiger partial charge in [-0.3, -0.25) is 0 Å². The molecule has 0 aromatic heterocycles. The number of para-hydroxylation sites is 1. The van der Waals surface area contributed by atoms with Gasteiger partial charge in [-0.05, 0) is 30.3 Å². The minimum atomic E-state index is 0. The number of nitrogens with two attached hydrogens (primary N) is 1. The van der Waals surface area contributed by atoms with Gasteiger partial charge in [0.15, 0.2) is 17.5 Å². The van der Waals surface area contributed by atoms with Gasteiger partial charge in [0.1, 0.15) is 0 Å². The number of ether oxygens (including phenoxy) is 1. The Morgan fingerprint density at radius 2 is 1.81 bits per heavy atom. The molecule has 0 saturated carbocycles. The Balaban J connectivity index is 0.00000261. The molecule has 0 aliphatic carbocycles. The van der Waals surface area contributed by atoms with Gasteiger partial charge in [-0.15, -0.1) is 24.0 Å². The van der Waals surface area contributed by atoms with Crippen LogP contribution in [0, 0.1) is 0 Å². The summed E-state index contributed by atoms with van der Waals surface area (Å²) < 4.78 is 5.12. The predicted molar refractivity (Wildman–Crippen MR) is 121 cm³/mol. The smallest absolute Gasteiger partial charge is 0.191 e. The maximum atomic E-state index is 10.1. The summed E-state index contributed by atoms with van der Waals surface area (Å²) in [5.41, 5.74) is 7.99. The summed E-state index contributed by atoms with van der Waals surface area (Å²) >= 11 is 5.95. The van der Waals surface area contributed by atoms with E-state index in [9.17, 15) is 5.11 Å². The zero-order chi connectivity index (χ0) is 18.5. The van der Waals surface area contributed by atoms with Crippen LogP contribution < -0.4 is 15.4 Å². The average Bonchev–Trinajstić information content (AvgIpc) is 2.68. The number of nitrogens with zero attached hydrogens (tertiary/aromatic N) is 3. The van der Waals surface area contributed by atoms with Gasteiger partial charge < -0.3 is 25.4 Å². The number of phenolic OH excluding ortho intramolecular Hbond substituents is 1. The van der Waals surface area contributed by atoms with Crippen molar-refractivity contribution in [3.8, 4) is 11.5 Å². The summed E-state index contributed by atoms with van der Waals surface area (Å²) in [4.78, 5) is 8.79. The van der Waals surface area contributed by atoms with Gasteiger partial charge in [0, 0.05) is 42.5 Å². The van der Waals surface area contributed by atoms with E-state index in [4.69, 9.17) is 22.1 Å². The average molecular weight is 503 g/mol. The molecule has 1 aliphatic rings. The van der Waals surface area contributed by atoms with Crippen molar-refractivity contribution in [2.24, 2.45) is 10.7 Å². The minimum absolute atomic E-state index is 0. The third-order valence-electron chi connectivity index (χ3n) is 4.51. The van der Waals surface area contributed by atoms with E-state index in [1.165, 1.54) is 7.11 Å². The van der Waals surface area contributed by atoms with Gasteiger partial charge in [0.25, 0.3) is 0 Å². The van der Waals surface area contributed by atoms with Crippen molar-refractivity contribution in [2.75, 3.05) is 38.2 Å². The fourth-order valence-electron chi connectivity index (χ4n) is 2.97. The van der Waals surface area contributed by atoms with E-state index in [0.29, 0.717) is 23.8 Å². The van der Waals surface area contributed by atoms with E-state index in [1.54, 1.807) is 6.07 Å². The Hall–Kier alpha value is -1.87. The number of guanidine groups is 1. The topological polar surface area (TPSA) is 74.3 Å². The molecule has 3 rings (SSSR count). The number of phenols is 1. The van der Waals surface area contributed by atoms with Crippen molar-refractivity contribution >= 4 is 47.2 Å². The first-order chi connectivity index (χ1) is 12.6. The summed E-state index contributed by atoms with van der Waals surface area (Å²) in [6.45, 7) is 3.63. The Morgan fingerprint density at radius 1 is 1.15 bits per heavy atom. The van der Waals surface area contributed by atoms with Crippen molar-refractivity contribution in [3.05, 3.63) is 53.1 Å².